The van der Waals surface area contributed by atoms with E-state index in [-0.39, 0.29) is 0 Å². The lowest BCUT2D eigenvalue weighted by Crippen LogP contribution is -2.36. The second kappa shape index (κ2) is 9.12. The monoisotopic (exact) mass is 333 g/mol. The fourth-order valence-electron chi connectivity index (χ4n) is 2.05. The van der Waals surface area contributed by atoms with Gasteiger partial charge in [0.25, 0.3) is 0 Å². The van der Waals surface area contributed by atoms with Crippen molar-refractivity contribution in [1.29, 1.82) is 0 Å². The Morgan fingerprint density at radius 3 is 2.43 bits per heavy atom. The first-order valence-electron chi connectivity index (χ1n) is 7.40. The van der Waals surface area contributed by atoms with Gasteiger partial charge in [-0.15, -0.1) is 0 Å². The Morgan fingerprint density at radius 1 is 1.17 bits per heavy atom. The maximum absolute atomic E-state index is 9.92. The zero-order valence-electron chi connectivity index (χ0n) is 13.0. The van der Waals surface area contributed by atoms with Gasteiger partial charge in [0.15, 0.2) is 0 Å². The van der Waals surface area contributed by atoms with Crippen LogP contribution in [0.4, 0.5) is 11.5 Å². The zero-order chi connectivity index (χ0) is 16.5. The summed E-state index contributed by atoms with van der Waals surface area (Å²) in [6.45, 7) is 5.59. The number of carbonyl (C=O) groups is 1. The zero-order valence-corrected chi connectivity index (χ0v) is 13.8. The lowest BCUT2D eigenvalue weighted by Gasteiger charge is -2.27. The lowest BCUT2D eigenvalue weighted by atomic mass is 10.3. The predicted octanol–water partition coefficient (Wildman–Crippen LogP) is 3.13. The van der Waals surface area contributed by atoms with Crippen LogP contribution in [0.3, 0.4) is 0 Å². The SMILES string of the molecule is Cc1ccc(N2CCOCC2)nc1.O=CNc1ccc(Cl)cc1. The van der Waals surface area contributed by atoms with Crippen molar-refractivity contribution in [3.8, 4) is 0 Å². The third-order valence-electron chi connectivity index (χ3n) is 3.30. The number of ether oxygens (including phenoxy) is 1. The maximum Gasteiger partial charge on any atom is 0.211 e. The number of hydrogen-bond donors (Lipinski definition) is 1. The van der Waals surface area contributed by atoms with Gasteiger partial charge in [-0.3, -0.25) is 4.79 Å². The molecule has 2 aromatic rings. The summed E-state index contributed by atoms with van der Waals surface area (Å²) in [6, 6.07) is 11.1. The molecule has 5 nitrogen and oxygen atoms in total. The minimum Gasteiger partial charge on any atom is -0.378 e. The predicted molar refractivity (Wildman–Crippen MR) is 93.1 cm³/mol. The van der Waals surface area contributed by atoms with E-state index in [9.17, 15) is 4.79 Å². The van der Waals surface area contributed by atoms with Crippen molar-refractivity contribution < 1.29 is 9.53 Å². The molecule has 0 aliphatic carbocycles. The Bertz CT molecular complexity index is 596. The van der Waals surface area contributed by atoms with Crippen molar-refractivity contribution in [2.75, 3.05) is 36.5 Å². The van der Waals surface area contributed by atoms with Gasteiger partial charge in [0.2, 0.25) is 6.41 Å². The lowest BCUT2D eigenvalue weighted by molar-refractivity contribution is -0.105. The maximum atomic E-state index is 9.92. The average Bonchev–Trinajstić information content (AvgIpc) is 2.59. The van der Waals surface area contributed by atoms with Crippen LogP contribution in [-0.2, 0) is 9.53 Å². The summed E-state index contributed by atoms with van der Waals surface area (Å²) in [6.07, 6.45) is 2.54. The summed E-state index contributed by atoms with van der Waals surface area (Å²) in [5.74, 6) is 1.06. The molecular formula is C17H20ClN3O2. The molecule has 1 amide bonds. The highest BCUT2D eigenvalue weighted by molar-refractivity contribution is 6.30. The molecule has 122 valence electrons. The van der Waals surface area contributed by atoms with Crippen molar-refractivity contribution in [3.05, 3.63) is 53.2 Å². The number of rotatable bonds is 3. The molecule has 23 heavy (non-hydrogen) atoms. The Kier molecular flexibility index (Phi) is 6.84. The van der Waals surface area contributed by atoms with Crippen molar-refractivity contribution in [1.82, 2.24) is 4.98 Å². The summed E-state index contributed by atoms with van der Waals surface area (Å²) in [4.78, 5) is 16.5. The molecule has 0 atom stereocenters. The van der Waals surface area contributed by atoms with Crippen molar-refractivity contribution in [2.24, 2.45) is 0 Å². The number of hydrogen-bond acceptors (Lipinski definition) is 4. The molecule has 1 aromatic heterocycles. The molecule has 1 aromatic carbocycles. The normalized spacial score (nSPS) is 13.7. The number of nitrogens with zero attached hydrogens (tertiary/aromatic N) is 2. The molecular weight excluding hydrogens is 314 g/mol. The standard InChI is InChI=1S/C10H14N2O.C7H6ClNO/c1-9-2-3-10(11-8-9)12-4-6-13-7-5-12;8-6-1-3-7(4-2-6)9-5-10/h2-3,8H,4-7H2,1H3;1-5H,(H,9,10). The minimum absolute atomic E-state index is 0.628. The van der Waals surface area contributed by atoms with E-state index in [4.69, 9.17) is 16.3 Å². The van der Waals surface area contributed by atoms with Gasteiger partial charge in [-0.25, -0.2) is 4.98 Å². The summed E-state index contributed by atoms with van der Waals surface area (Å²) in [5, 5.41) is 3.16. The van der Waals surface area contributed by atoms with E-state index in [2.05, 4.69) is 34.3 Å². The van der Waals surface area contributed by atoms with Gasteiger partial charge in [0.05, 0.1) is 13.2 Å². The Labute approximate surface area is 141 Å². The number of pyridine rings is 1. The number of amides is 1. The van der Waals surface area contributed by atoms with Crippen LogP contribution >= 0.6 is 11.6 Å². The molecule has 2 heterocycles. The van der Waals surface area contributed by atoms with E-state index in [1.165, 1.54) is 5.56 Å². The highest BCUT2D eigenvalue weighted by Crippen LogP contribution is 2.13. The third kappa shape index (κ3) is 5.88. The fraction of sp³-hybridized carbons (Fsp3) is 0.294. The Balaban J connectivity index is 0.000000174. The van der Waals surface area contributed by atoms with E-state index < -0.39 is 0 Å². The molecule has 1 aliphatic rings. The molecule has 1 saturated heterocycles. The largest absolute Gasteiger partial charge is 0.378 e. The number of aryl methyl sites for hydroxylation is 1. The summed E-state index contributed by atoms with van der Waals surface area (Å²) >= 11 is 5.60. The van der Waals surface area contributed by atoms with E-state index >= 15 is 0 Å². The number of halogens is 1. The van der Waals surface area contributed by atoms with Crippen LogP contribution in [0.15, 0.2) is 42.6 Å². The van der Waals surface area contributed by atoms with Crippen LogP contribution in [0.25, 0.3) is 0 Å². The highest BCUT2D eigenvalue weighted by atomic mass is 35.5. The topological polar surface area (TPSA) is 54.5 Å². The van der Waals surface area contributed by atoms with E-state index in [1.54, 1.807) is 24.3 Å². The van der Waals surface area contributed by atoms with Crippen LogP contribution in [0.1, 0.15) is 5.56 Å². The summed E-state index contributed by atoms with van der Waals surface area (Å²) < 4.78 is 5.28. The van der Waals surface area contributed by atoms with Crippen LogP contribution in [0.5, 0.6) is 0 Å². The fourth-order valence-corrected chi connectivity index (χ4v) is 2.18. The second-order valence-corrected chi connectivity index (χ2v) is 5.50. The molecule has 0 unspecified atom stereocenters. The van der Waals surface area contributed by atoms with Gasteiger partial charge >= 0.3 is 0 Å². The molecule has 0 bridgehead atoms. The summed E-state index contributed by atoms with van der Waals surface area (Å²) in [5.41, 5.74) is 1.96. The number of aromatic nitrogens is 1. The molecule has 3 rings (SSSR count). The first-order chi connectivity index (χ1) is 11.2. The van der Waals surface area contributed by atoms with Gasteiger partial charge in [-0.1, -0.05) is 17.7 Å². The third-order valence-corrected chi connectivity index (χ3v) is 3.55. The molecule has 1 N–H and O–H groups in total. The highest BCUT2D eigenvalue weighted by Gasteiger charge is 2.11. The molecule has 0 radical (unpaired) electrons. The number of morpholine rings is 1. The van der Waals surface area contributed by atoms with Crippen molar-refractivity contribution in [2.45, 2.75) is 6.92 Å². The van der Waals surface area contributed by atoms with Crippen molar-refractivity contribution in [3.63, 3.8) is 0 Å². The van der Waals surface area contributed by atoms with Gasteiger partial charge in [0, 0.05) is 30.0 Å². The second-order valence-electron chi connectivity index (χ2n) is 5.06. The van der Waals surface area contributed by atoms with E-state index in [1.807, 2.05) is 6.20 Å². The number of benzene rings is 1. The van der Waals surface area contributed by atoms with Gasteiger partial charge in [-0.2, -0.15) is 0 Å². The molecule has 6 heteroatoms. The van der Waals surface area contributed by atoms with Crippen LogP contribution < -0.4 is 10.2 Å². The van der Waals surface area contributed by atoms with Crippen molar-refractivity contribution >= 4 is 29.5 Å². The van der Waals surface area contributed by atoms with Gasteiger partial charge in [0.1, 0.15) is 5.82 Å². The Hall–Kier alpha value is -2.11. The first kappa shape index (κ1) is 17.2. The number of anilines is 2. The van der Waals surface area contributed by atoms with Gasteiger partial charge in [-0.05, 0) is 42.8 Å². The van der Waals surface area contributed by atoms with E-state index in [0.717, 1.165) is 37.8 Å². The Morgan fingerprint density at radius 2 is 1.87 bits per heavy atom. The average molecular weight is 334 g/mol. The van der Waals surface area contributed by atoms with Crippen LogP contribution in [0.2, 0.25) is 5.02 Å². The molecule has 0 spiro atoms. The van der Waals surface area contributed by atoms with E-state index in [0.29, 0.717) is 11.4 Å². The molecule has 1 aliphatic heterocycles. The minimum atomic E-state index is 0.628. The smallest absolute Gasteiger partial charge is 0.211 e. The van der Waals surface area contributed by atoms with Gasteiger partial charge < -0.3 is 15.0 Å². The van der Waals surface area contributed by atoms with Crippen LogP contribution in [-0.4, -0.2) is 37.7 Å². The molecule has 1 fully saturated rings. The summed E-state index contributed by atoms with van der Waals surface area (Å²) in [7, 11) is 0. The molecule has 0 saturated carbocycles. The quantitative estimate of drug-likeness (QED) is 0.877. The number of carbonyl (C=O) groups excluding carboxylic acids is 1. The first-order valence-corrected chi connectivity index (χ1v) is 7.78. The number of nitrogens with one attached hydrogen (secondary N) is 1. The van der Waals surface area contributed by atoms with Crippen LogP contribution in [0, 0.1) is 6.92 Å².